The molecule has 1 aromatic heterocycles. The zero-order chi connectivity index (χ0) is 13.7. The summed E-state index contributed by atoms with van der Waals surface area (Å²) < 4.78 is 1.90. The molecule has 0 unspecified atom stereocenters. The molecule has 2 aromatic rings. The molecular weight excluding hydrogens is 256 g/mol. The third-order valence-corrected chi connectivity index (χ3v) is 3.10. The summed E-state index contributed by atoms with van der Waals surface area (Å²) in [7, 11) is 0. The Morgan fingerprint density at radius 3 is 2.84 bits per heavy atom. The lowest BCUT2D eigenvalue weighted by Gasteiger charge is -2.11. The van der Waals surface area contributed by atoms with Gasteiger partial charge in [-0.05, 0) is 37.7 Å². The van der Waals surface area contributed by atoms with Crippen molar-refractivity contribution in [1.29, 1.82) is 0 Å². The van der Waals surface area contributed by atoms with Gasteiger partial charge < -0.3 is 10.6 Å². The van der Waals surface area contributed by atoms with Crippen molar-refractivity contribution in [1.82, 2.24) is 15.1 Å². The Kier molecular flexibility index (Phi) is 4.52. The molecule has 0 fully saturated rings. The zero-order valence-electron chi connectivity index (χ0n) is 11.2. The van der Waals surface area contributed by atoms with E-state index in [9.17, 15) is 0 Å². The van der Waals surface area contributed by atoms with Crippen molar-refractivity contribution in [3.05, 3.63) is 47.8 Å². The van der Waals surface area contributed by atoms with Gasteiger partial charge in [0, 0.05) is 30.5 Å². The lowest BCUT2D eigenvalue weighted by atomic mass is 10.2. The highest BCUT2D eigenvalue weighted by molar-refractivity contribution is 7.80. The highest BCUT2D eigenvalue weighted by Gasteiger charge is 2.01. The van der Waals surface area contributed by atoms with E-state index in [0.717, 1.165) is 17.8 Å². The summed E-state index contributed by atoms with van der Waals surface area (Å²) in [4.78, 5) is 0. The summed E-state index contributed by atoms with van der Waals surface area (Å²) in [6.07, 6.45) is 3.87. The number of rotatable bonds is 4. The van der Waals surface area contributed by atoms with E-state index in [1.165, 1.54) is 5.56 Å². The molecule has 2 N–H and O–H groups in total. The molecule has 1 aromatic carbocycles. The third kappa shape index (κ3) is 3.79. The predicted octanol–water partition coefficient (Wildman–Crippen LogP) is 2.70. The minimum atomic E-state index is 0.624. The molecule has 1 heterocycles. The van der Waals surface area contributed by atoms with Crippen LogP contribution in [0.2, 0.25) is 0 Å². The predicted molar refractivity (Wildman–Crippen MR) is 82.1 cm³/mol. The largest absolute Gasteiger partial charge is 0.358 e. The second-order valence-electron chi connectivity index (χ2n) is 4.33. The first-order valence-corrected chi connectivity index (χ1v) is 6.71. The zero-order valence-corrected chi connectivity index (χ0v) is 12.0. The number of nitrogens with one attached hydrogen (secondary N) is 2. The van der Waals surface area contributed by atoms with Gasteiger partial charge in [-0.15, -0.1) is 0 Å². The quantitative estimate of drug-likeness (QED) is 0.841. The van der Waals surface area contributed by atoms with Crippen LogP contribution in [-0.4, -0.2) is 14.9 Å². The number of nitrogens with zero attached hydrogens (tertiary/aromatic N) is 2. The average molecular weight is 274 g/mol. The second-order valence-corrected chi connectivity index (χ2v) is 4.74. The van der Waals surface area contributed by atoms with Crippen molar-refractivity contribution in [2.75, 3.05) is 5.32 Å². The van der Waals surface area contributed by atoms with Crippen LogP contribution in [0.4, 0.5) is 5.69 Å². The Balaban J connectivity index is 1.86. The monoisotopic (exact) mass is 274 g/mol. The van der Waals surface area contributed by atoms with Gasteiger partial charge in [0.1, 0.15) is 0 Å². The van der Waals surface area contributed by atoms with Crippen molar-refractivity contribution in [3.8, 4) is 0 Å². The lowest BCUT2D eigenvalue weighted by Crippen LogP contribution is -2.28. The van der Waals surface area contributed by atoms with Gasteiger partial charge in [-0.1, -0.05) is 18.2 Å². The number of thiocarbonyl (C=S) groups is 1. The molecule has 0 aliphatic carbocycles. The van der Waals surface area contributed by atoms with Crippen LogP contribution in [0.5, 0.6) is 0 Å². The fraction of sp³-hybridized carbons (Fsp3) is 0.286. The molecule has 5 heteroatoms. The van der Waals surface area contributed by atoms with E-state index >= 15 is 0 Å². The highest BCUT2D eigenvalue weighted by Crippen LogP contribution is 2.12. The molecule has 19 heavy (non-hydrogen) atoms. The van der Waals surface area contributed by atoms with E-state index < -0.39 is 0 Å². The molecule has 0 aliphatic heterocycles. The Hall–Kier alpha value is -1.88. The maximum absolute atomic E-state index is 5.28. The van der Waals surface area contributed by atoms with Gasteiger partial charge in [-0.3, -0.25) is 4.68 Å². The normalized spacial score (nSPS) is 10.2. The topological polar surface area (TPSA) is 41.9 Å². The summed E-state index contributed by atoms with van der Waals surface area (Å²) >= 11 is 5.28. The molecule has 0 atom stereocenters. The van der Waals surface area contributed by atoms with Gasteiger partial charge >= 0.3 is 0 Å². The van der Waals surface area contributed by atoms with Crippen LogP contribution in [-0.2, 0) is 13.1 Å². The number of hydrogen-bond donors (Lipinski definition) is 2. The minimum absolute atomic E-state index is 0.624. The summed E-state index contributed by atoms with van der Waals surface area (Å²) in [5.74, 6) is 0. The van der Waals surface area contributed by atoms with E-state index in [1.807, 2.05) is 35.3 Å². The molecule has 0 aliphatic rings. The molecule has 0 radical (unpaired) electrons. The van der Waals surface area contributed by atoms with E-state index in [4.69, 9.17) is 12.2 Å². The Labute approximate surface area is 118 Å². The molecular formula is C14H18N4S. The van der Waals surface area contributed by atoms with Crippen LogP contribution in [0.1, 0.15) is 18.1 Å². The standard InChI is InChI=1S/C14H18N4S/c1-3-18-10-12(9-16-18)8-15-14(19)17-13-7-5-4-6-11(13)2/h4-7,9-10H,3,8H2,1-2H3,(H2,15,17,19). The van der Waals surface area contributed by atoms with E-state index in [-0.39, 0.29) is 0 Å². The molecule has 0 bridgehead atoms. The van der Waals surface area contributed by atoms with Crippen LogP contribution < -0.4 is 10.6 Å². The van der Waals surface area contributed by atoms with E-state index in [1.54, 1.807) is 0 Å². The van der Waals surface area contributed by atoms with Gasteiger partial charge in [0.15, 0.2) is 5.11 Å². The molecule has 4 nitrogen and oxygen atoms in total. The second kappa shape index (κ2) is 6.33. The van der Waals surface area contributed by atoms with E-state index in [2.05, 4.69) is 35.6 Å². The first-order valence-electron chi connectivity index (χ1n) is 6.31. The SMILES string of the molecule is CCn1cc(CNC(=S)Nc2ccccc2C)cn1. The average Bonchev–Trinajstić information content (AvgIpc) is 2.87. The summed E-state index contributed by atoms with van der Waals surface area (Å²) in [6, 6.07) is 8.06. The molecule has 2 rings (SSSR count). The summed E-state index contributed by atoms with van der Waals surface area (Å²) in [5.41, 5.74) is 3.32. The molecule has 0 amide bonds. The minimum Gasteiger partial charge on any atom is -0.358 e. The maximum atomic E-state index is 5.28. The number of anilines is 1. The summed E-state index contributed by atoms with van der Waals surface area (Å²) in [5, 5.41) is 11.2. The van der Waals surface area contributed by atoms with Crippen LogP contribution in [0, 0.1) is 6.92 Å². The molecule has 0 saturated carbocycles. The van der Waals surface area contributed by atoms with Crippen molar-refractivity contribution in [2.45, 2.75) is 26.9 Å². The van der Waals surface area contributed by atoms with Crippen molar-refractivity contribution < 1.29 is 0 Å². The Bertz CT molecular complexity index is 562. The fourth-order valence-electron chi connectivity index (χ4n) is 1.73. The number of benzene rings is 1. The van der Waals surface area contributed by atoms with Crippen molar-refractivity contribution >= 4 is 23.0 Å². The maximum Gasteiger partial charge on any atom is 0.171 e. The van der Waals surface area contributed by atoms with Crippen LogP contribution in [0.15, 0.2) is 36.7 Å². The van der Waals surface area contributed by atoms with Crippen LogP contribution >= 0.6 is 12.2 Å². The van der Waals surface area contributed by atoms with Gasteiger partial charge in [0.25, 0.3) is 0 Å². The molecule has 0 spiro atoms. The number of aryl methyl sites for hydroxylation is 2. The van der Waals surface area contributed by atoms with Gasteiger partial charge in [0.2, 0.25) is 0 Å². The summed E-state index contributed by atoms with van der Waals surface area (Å²) in [6.45, 7) is 5.68. The molecule has 0 saturated heterocycles. The lowest BCUT2D eigenvalue weighted by molar-refractivity contribution is 0.659. The highest BCUT2D eigenvalue weighted by atomic mass is 32.1. The van der Waals surface area contributed by atoms with Crippen molar-refractivity contribution in [3.63, 3.8) is 0 Å². The van der Waals surface area contributed by atoms with Crippen LogP contribution in [0.25, 0.3) is 0 Å². The van der Waals surface area contributed by atoms with Gasteiger partial charge in [-0.25, -0.2) is 0 Å². The van der Waals surface area contributed by atoms with Gasteiger partial charge in [0.05, 0.1) is 6.20 Å². The van der Waals surface area contributed by atoms with E-state index in [0.29, 0.717) is 11.7 Å². The fourth-order valence-corrected chi connectivity index (χ4v) is 1.91. The Morgan fingerprint density at radius 2 is 2.16 bits per heavy atom. The third-order valence-electron chi connectivity index (χ3n) is 2.86. The van der Waals surface area contributed by atoms with Gasteiger partial charge in [-0.2, -0.15) is 5.10 Å². The smallest absolute Gasteiger partial charge is 0.171 e. The van der Waals surface area contributed by atoms with Crippen molar-refractivity contribution in [2.24, 2.45) is 0 Å². The first kappa shape index (κ1) is 13.5. The van der Waals surface area contributed by atoms with Crippen LogP contribution in [0.3, 0.4) is 0 Å². The number of hydrogen-bond acceptors (Lipinski definition) is 2. The number of aromatic nitrogens is 2. The first-order chi connectivity index (χ1) is 9.19. The Morgan fingerprint density at radius 1 is 1.37 bits per heavy atom. The number of para-hydroxylation sites is 1. The molecule has 100 valence electrons.